The van der Waals surface area contributed by atoms with E-state index >= 15 is 0 Å². The maximum absolute atomic E-state index is 11.9. The van der Waals surface area contributed by atoms with Crippen molar-refractivity contribution in [2.75, 3.05) is 12.4 Å². The molecule has 0 aliphatic heterocycles. The number of nitrogens with zero attached hydrogens (tertiary/aromatic N) is 1. The number of H-pyrrole nitrogens is 1. The van der Waals surface area contributed by atoms with E-state index in [1.807, 2.05) is 0 Å². The zero-order chi connectivity index (χ0) is 13.5. The Balaban J connectivity index is 2.74. The Labute approximate surface area is 110 Å². The van der Waals surface area contributed by atoms with E-state index in [1.54, 1.807) is 6.92 Å². The second-order valence-corrected chi connectivity index (χ2v) is 4.96. The largest absolute Gasteiger partial charge is 0.466 e. The third-order valence-electron chi connectivity index (χ3n) is 2.30. The Hall–Kier alpha value is -1.30. The third-order valence-corrected chi connectivity index (χ3v) is 3.38. The summed E-state index contributed by atoms with van der Waals surface area (Å²) in [6.45, 7) is 5.43. The highest BCUT2D eigenvalue weighted by molar-refractivity contribution is 7.99. The van der Waals surface area contributed by atoms with E-state index in [1.165, 1.54) is 18.7 Å². The SMILES string of the molecule is CCCSc1nc(C)c(CCOC(C)=O)c(=O)[nH]1. The van der Waals surface area contributed by atoms with Crippen LogP contribution in [0.25, 0.3) is 0 Å². The molecule has 0 radical (unpaired) electrons. The van der Waals surface area contributed by atoms with Gasteiger partial charge in [0.1, 0.15) is 0 Å². The van der Waals surface area contributed by atoms with Crippen LogP contribution in [0.1, 0.15) is 31.5 Å². The fraction of sp³-hybridized carbons (Fsp3) is 0.583. The van der Waals surface area contributed by atoms with E-state index in [0.29, 0.717) is 22.8 Å². The summed E-state index contributed by atoms with van der Waals surface area (Å²) in [4.78, 5) is 29.6. The average Bonchev–Trinajstić information content (AvgIpc) is 2.29. The van der Waals surface area contributed by atoms with E-state index in [2.05, 4.69) is 16.9 Å². The Morgan fingerprint density at radius 3 is 2.78 bits per heavy atom. The lowest BCUT2D eigenvalue weighted by Gasteiger charge is -2.06. The lowest BCUT2D eigenvalue weighted by molar-refractivity contribution is -0.140. The van der Waals surface area contributed by atoms with Crippen LogP contribution in [0.5, 0.6) is 0 Å². The van der Waals surface area contributed by atoms with Crippen molar-refractivity contribution >= 4 is 17.7 Å². The number of thioether (sulfide) groups is 1. The summed E-state index contributed by atoms with van der Waals surface area (Å²) in [5.74, 6) is 0.585. The minimum absolute atomic E-state index is 0.145. The van der Waals surface area contributed by atoms with Gasteiger partial charge in [-0.1, -0.05) is 18.7 Å². The van der Waals surface area contributed by atoms with Gasteiger partial charge in [0.25, 0.3) is 5.56 Å². The smallest absolute Gasteiger partial charge is 0.302 e. The summed E-state index contributed by atoms with van der Waals surface area (Å²) >= 11 is 1.53. The lowest BCUT2D eigenvalue weighted by Crippen LogP contribution is -2.19. The molecule has 0 fully saturated rings. The van der Waals surface area contributed by atoms with Gasteiger partial charge in [-0.2, -0.15) is 0 Å². The highest BCUT2D eigenvalue weighted by Crippen LogP contribution is 2.13. The van der Waals surface area contributed by atoms with E-state index in [4.69, 9.17) is 4.74 Å². The molecule has 1 rings (SSSR count). The third kappa shape index (κ3) is 4.52. The van der Waals surface area contributed by atoms with Crippen molar-refractivity contribution < 1.29 is 9.53 Å². The number of hydrogen-bond donors (Lipinski definition) is 1. The number of ether oxygens (including phenoxy) is 1. The molecule has 0 atom stereocenters. The molecule has 0 saturated carbocycles. The minimum atomic E-state index is -0.341. The maximum atomic E-state index is 11.9. The van der Waals surface area contributed by atoms with E-state index < -0.39 is 0 Å². The Morgan fingerprint density at radius 2 is 2.22 bits per heavy atom. The topological polar surface area (TPSA) is 72.0 Å². The van der Waals surface area contributed by atoms with Crippen molar-refractivity contribution in [2.45, 2.75) is 38.8 Å². The van der Waals surface area contributed by atoms with Crippen LogP contribution in [0.15, 0.2) is 9.95 Å². The molecule has 0 spiro atoms. The van der Waals surface area contributed by atoms with E-state index in [-0.39, 0.29) is 18.1 Å². The van der Waals surface area contributed by atoms with Gasteiger partial charge in [-0.05, 0) is 13.3 Å². The normalized spacial score (nSPS) is 10.4. The second-order valence-electron chi connectivity index (χ2n) is 3.87. The molecule has 18 heavy (non-hydrogen) atoms. The summed E-state index contributed by atoms with van der Waals surface area (Å²) in [7, 11) is 0. The number of hydrogen-bond acceptors (Lipinski definition) is 5. The number of carbonyl (C=O) groups is 1. The quantitative estimate of drug-likeness (QED) is 0.484. The van der Waals surface area contributed by atoms with Crippen molar-refractivity contribution in [3.63, 3.8) is 0 Å². The van der Waals surface area contributed by atoms with Gasteiger partial charge in [0, 0.05) is 30.4 Å². The maximum Gasteiger partial charge on any atom is 0.302 e. The summed E-state index contributed by atoms with van der Waals surface area (Å²) in [6.07, 6.45) is 1.42. The molecule has 6 heteroatoms. The molecule has 0 aliphatic carbocycles. The van der Waals surface area contributed by atoms with Gasteiger partial charge in [0.05, 0.1) is 6.61 Å². The summed E-state index contributed by atoms with van der Waals surface area (Å²) in [5.41, 5.74) is 1.13. The van der Waals surface area contributed by atoms with Crippen LogP contribution in [0, 0.1) is 6.92 Å². The first-order valence-electron chi connectivity index (χ1n) is 5.90. The predicted molar refractivity (Wildman–Crippen MR) is 70.9 cm³/mol. The summed E-state index contributed by atoms with van der Waals surface area (Å²) < 4.78 is 4.83. The van der Waals surface area contributed by atoms with Crippen molar-refractivity contribution in [3.8, 4) is 0 Å². The number of nitrogens with one attached hydrogen (secondary N) is 1. The highest BCUT2D eigenvalue weighted by Gasteiger charge is 2.08. The Morgan fingerprint density at radius 1 is 1.50 bits per heavy atom. The molecule has 0 aliphatic rings. The molecular weight excluding hydrogens is 252 g/mol. The van der Waals surface area contributed by atoms with Crippen molar-refractivity contribution in [1.29, 1.82) is 0 Å². The minimum Gasteiger partial charge on any atom is -0.466 e. The Kier molecular flexibility index (Phi) is 5.91. The van der Waals surface area contributed by atoms with Gasteiger partial charge in [-0.3, -0.25) is 9.59 Å². The van der Waals surface area contributed by atoms with Crippen LogP contribution in [-0.4, -0.2) is 28.3 Å². The van der Waals surface area contributed by atoms with E-state index in [0.717, 1.165) is 12.2 Å². The van der Waals surface area contributed by atoms with E-state index in [9.17, 15) is 9.59 Å². The lowest BCUT2D eigenvalue weighted by atomic mass is 10.2. The number of rotatable bonds is 6. The predicted octanol–water partition coefficient (Wildman–Crippen LogP) is 1.69. The van der Waals surface area contributed by atoms with Gasteiger partial charge in [-0.25, -0.2) is 4.98 Å². The van der Waals surface area contributed by atoms with Crippen molar-refractivity contribution in [2.24, 2.45) is 0 Å². The molecule has 0 saturated heterocycles. The van der Waals surface area contributed by atoms with Gasteiger partial charge < -0.3 is 9.72 Å². The fourth-order valence-electron chi connectivity index (χ4n) is 1.44. The van der Waals surface area contributed by atoms with Gasteiger partial charge in [0.2, 0.25) is 0 Å². The molecule has 0 amide bonds. The zero-order valence-corrected chi connectivity index (χ0v) is 11.7. The average molecular weight is 270 g/mol. The molecule has 0 bridgehead atoms. The summed E-state index contributed by atoms with van der Waals surface area (Å²) in [6, 6.07) is 0. The first-order valence-corrected chi connectivity index (χ1v) is 6.89. The zero-order valence-electron chi connectivity index (χ0n) is 10.9. The monoisotopic (exact) mass is 270 g/mol. The number of aryl methyl sites for hydroxylation is 1. The molecule has 100 valence electrons. The number of aromatic nitrogens is 2. The van der Waals surface area contributed by atoms with Crippen LogP contribution in [-0.2, 0) is 16.0 Å². The second kappa shape index (κ2) is 7.20. The molecule has 1 aromatic heterocycles. The molecule has 1 aromatic rings. The van der Waals surface area contributed by atoms with Gasteiger partial charge >= 0.3 is 5.97 Å². The number of aromatic amines is 1. The van der Waals surface area contributed by atoms with Crippen LogP contribution in [0.2, 0.25) is 0 Å². The highest BCUT2D eigenvalue weighted by atomic mass is 32.2. The van der Waals surface area contributed by atoms with Crippen LogP contribution in [0.3, 0.4) is 0 Å². The van der Waals surface area contributed by atoms with Gasteiger partial charge in [-0.15, -0.1) is 0 Å². The molecule has 0 unspecified atom stereocenters. The van der Waals surface area contributed by atoms with Crippen LogP contribution in [0.4, 0.5) is 0 Å². The molecular formula is C12H18N2O3S. The molecule has 0 aromatic carbocycles. The summed E-state index contributed by atoms with van der Waals surface area (Å²) in [5, 5.41) is 0.649. The fourth-order valence-corrected chi connectivity index (χ4v) is 2.21. The standard InChI is InChI=1S/C12H18N2O3S/c1-4-7-18-12-13-8(2)10(11(16)14-12)5-6-17-9(3)15/h4-7H2,1-3H3,(H,13,14,16). The molecule has 1 heterocycles. The first kappa shape index (κ1) is 14.8. The van der Waals surface area contributed by atoms with Crippen LogP contribution < -0.4 is 5.56 Å². The van der Waals surface area contributed by atoms with Crippen molar-refractivity contribution in [3.05, 3.63) is 21.6 Å². The Bertz CT molecular complexity index is 471. The molecule has 5 nitrogen and oxygen atoms in total. The van der Waals surface area contributed by atoms with Crippen molar-refractivity contribution in [1.82, 2.24) is 9.97 Å². The molecule has 1 N–H and O–H groups in total. The number of esters is 1. The van der Waals surface area contributed by atoms with Crippen LogP contribution >= 0.6 is 11.8 Å². The number of carbonyl (C=O) groups excluding carboxylic acids is 1. The first-order chi connectivity index (χ1) is 8.54. The van der Waals surface area contributed by atoms with Gasteiger partial charge in [0.15, 0.2) is 5.16 Å².